The van der Waals surface area contributed by atoms with Gasteiger partial charge in [-0.3, -0.25) is 0 Å². The van der Waals surface area contributed by atoms with Gasteiger partial charge in [0.15, 0.2) is 0 Å². The fourth-order valence-corrected chi connectivity index (χ4v) is 2.62. The predicted octanol–water partition coefficient (Wildman–Crippen LogP) is 1.66. The van der Waals surface area contributed by atoms with E-state index in [1.54, 1.807) is 11.9 Å². The van der Waals surface area contributed by atoms with Crippen molar-refractivity contribution in [1.82, 2.24) is 20.2 Å². The van der Waals surface area contributed by atoms with Crippen LogP contribution in [0.1, 0.15) is 25.3 Å². The average Bonchev–Trinajstić information content (AvgIpc) is 3.07. The number of ether oxygens (including phenoxy) is 1. The highest BCUT2D eigenvalue weighted by Crippen LogP contribution is 2.31. The fraction of sp³-hybridized carbons (Fsp3) is 0.462. The van der Waals surface area contributed by atoms with Crippen molar-refractivity contribution in [2.75, 3.05) is 12.8 Å². The molecule has 3 rings (SSSR count). The van der Waals surface area contributed by atoms with E-state index in [0.29, 0.717) is 11.5 Å². The van der Waals surface area contributed by atoms with Gasteiger partial charge in [0.2, 0.25) is 5.82 Å². The monoisotopic (exact) mass is 259 g/mol. The maximum atomic E-state index is 5.93. The number of para-hydroxylation sites is 1. The van der Waals surface area contributed by atoms with Crippen LogP contribution in [-0.4, -0.2) is 33.4 Å². The third-order valence-corrected chi connectivity index (χ3v) is 3.65. The van der Waals surface area contributed by atoms with E-state index in [1.165, 1.54) is 0 Å². The molecule has 1 aromatic carbocycles. The Hall–Kier alpha value is -1.95. The van der Waals surface area contributed by atoms with E-state index in [4.69, 9.17) is 10.5 Å². The molecule has 2 unspecified atom stereocenters. The van der Waals surface area contributed by atoms with Crippen molar-refractivity contribution in [3.05, 3.63) is 24.3 Å². The molecule has 2 aromatic rings. The first-order chi connectivity index (χ1) is 9.29. The Morgan fingerprint density at radius 3 is 2.95 bits per heavy atom. The number of tetrazole rings is 1. The first kappa shape index (κ1) is 12.1. The molecule has 2 N–H and O–H groups in total. The van der Waals surface area contributed by atoms with Gasteiger partial charge in [0.25, 0.3) is 0 Å². The Bertz CT molecular complexity index is 568. The highest BCUT2D eigenvalue weighted by atomic mass is 16.5. The van der Waals surface area contributed by atoms with Crippen molar-refractivity contribution in [1.29, 1.82) is 0 Å². The number of hydrogen-bond acceptors (Lipinski definition) is 5. The molecular weight excluding hydrogens is 242 g/mol. The summed E-state index contributed by atoms with van der Waals surface area (Å²) in [6, 6.07) is 7.72. The summed E-state index contributed by atoms with van der Waals surface area (Å²) in [7, 11) is 1.73. The van der Waals surface area contributed by atoms with E-state index in [0.717, 1.165) is 24.8 Å². The predicted molar refractivity (Wildman–Crippen MR) is 71.4 cm³/mol. The van der Waals surface area contributed by atoms with Crippen LogP contribution in [0.2, 0.25) is 0 Å². The molecular formula is C13H17N5O. The van der Waals surface area contributed by atoms with Crippen LogP contribution in [-0.2, 0) is 4.74 Å². The maximum Gasteiger partial charge on any atom is 0.207 e. The number of nitrogen functional groups attached to an aromatic ring is 1. The van der Waals surface area contributed by atoms with E-state index in [-0.39, 0.29) is 12.1 Å². The van der Waals surface area contributed by atoms with Crippen molar-refractivity contribution in [3.8, 4) is 11.4 Å². The minimum atomic E-state index is 0.176. The fourth-order valence-electron chi connectivity index (χ4n) is 2.62. The van der Waals surface area contributed by atoms with Gasteiger partial charge in [0, 0.05) is 18.4 Å². The summed E-state index contributed by atoms with van der Waals surface area (Å²) in [5.41, 5.74) is 7.41. The van der Waals surface area contributed by atoms with Gasteiger partial charge in [-0.2, -0.15) is 4.80 Å². The average molecular weight is 259 g/mol. The second-order valence-corrected chi connectivity index (χ2v) is 4.79. The standard InChI is InChI=1S/C13H17N5O/c1-19-12-8-4-7-11(12)18-16-13(15-17-18)9-5-2-3-6-10(9)14/h2-3,5-6,11-12H,4,7-8,14H2,1H3. The summed E-state index contributed by atoms with van der Waals surface area (Å²) in [6.45, 7) is 0. The van der Waals surface area contributed by atoms with Crippen LogP contribution in [0.25, 0.3) is 11.4 Å². The van der Waals surface area contributed by atoms with E-state index in [9.17, 15) is 0 Å². The number of nitrogens with zero attached hydrogens (tertiary/aromatic N) is 4. The van der Waals surface area contributed by atoms with Gasteiger partial charge in [-0.1, -0.05) is 12.1 Å². The van der Waals surface area contributed by atoms with Gasteiger partial charge < -0.3 is 10.5 Å². The molecule has 1 aliphatic rings. The van der Waals surface area contributed by atoms with Crippen LogP contribution < -0.4 is 5.73 Å². The number of nitrogens with two attached hydrogens (primary N) is 1. The molecule has 0 aliphatic heterocycles. The van der Waals surface area contributed by atoms with Crippen LogP contribution in [0.5, 0.6) is 0 Å². The molecule has 19 heavy (non-hydrogen) atoms. The Balaban J connectivity index is 1.90. The van der Waals surface area contributed by atoms with Crippen molar-refractivity contribution in [2.24, 2.45) is 0 Å². The number of aromatic nitrogens is 4. The number of benzene rings is 1. The summed E-state index contributed by atoms with van der Waals surface area (Å²) in [5, 5.41) is 12.7. The van der Waals surface area contributed by atoms with Crippen LogP contribution in [0.4, 0.5) is 5.69 Å². The minimum absolute atomic E-state index is 0.176. The molecule has 6 heteroatoms. The smallest absolute Gasteiger partial charge is 0.207 e. The molecule has 0 amide bonds. The summed E-state index contributed by atoms with van der Waals surface area (Å²) in [4.78, 5) is 1.67. The zero-order chi connectivity index (χ0) is 13.2. The van der Waals surface area contributed by atoms with Crippen molar-refractivity contribution in [2.45, 2.75) is 31.4 Å². The van der Waals surface area contributed by atoms with E-state index < -0.39 is 0 Å². The maximum absolute atomic E-state index is 5.93. The first-order valence-corrected chi connectivity index (χ1v) is 6.47. The quantitative estimate of drug-likeness (QED) is 0.848. The number of rotatable bonds is 3. The molecule has 1 aliphatic carbocycles. The lowest BCUT2D eigenvalue weighted by Crippen LogP contribution is -2.22. The molecule has 0 radical (unpaired) electrons. The Morgan fingerprint density at radius 1 is 1.32 bits per heavy atom. The third kappa shape index (κ3) is 2.19. The van der Waals surface area contributed by atoms with Gasteiger partial charge in [-0.15, -0.1) is 10.2 Å². The van der Waals surface area contributed by atoms with Gasteiger partial charge in [0.1, 0.15) is 0 Å². The molecule has 1 heterocycles. The molecule has 1 fully saturated rings. The largest absolute Gasteiger partial charge is 0.398 e. The normalized spacial score (nSPS) is 22.8. The molecule has 100 valence electrons. The molecule has 0 saturated heterocycles. The van der Waals surface area contributed by atoms with Crippen LogP contribution >= 0.6 is 0 Å². The zero-order valence-corrected chi connectivity index (χ0v) is 10.9. The van der Waals surface area contributed by atoms with Gasteiger partial charge >= 0.3 is 0 Å². The number of hydrogen-bond donors (Lipinski definition) is 1. The van der Waals surface area contributed by atoms with E-state index in [2.05, 4.69) is 15.4 Å². The molecule has 0 spiro atoms. The van der Waals surface area contributed by atoms with Crippen LogP contribution in [0, 0.1) is 0 Å². The van der Waals surface area contributed by atoms with Gasteiger partial charge in [0.05, 0.1) is 12.1 Å². The molecule has 6 nitrogen and oxygen atoms in total. The summed E-state index contributed by atoms with van der Waals surface area (Å²) >= 11 is 0. The summed E-state index contributed by atoms with van der Waals surface area (Å²) in [5.74, 6) is 0.569. The zero-order valence-electron chi connectivity index (χ0n) is 10.9. The van der Waals surface area contributed by atoms with Gasteiger partial charge in [-0.05, 0) is 36.6 Å². The van der Waals surface area contributed by atoms with Crippen LogP contribution in [0.15, 0.2) is 24.3 Å². The molecule has 1 saturated carbocycles. The molecule has 1 aromatic heterocycles. The Labute approximate surface area is 111 Å². The lowest BCUT2D eigenvalue weighted by molar-refractivity contribution is 0.0653. The summed E-state index contributed by atoms with van der Waals surface area (Å²) in [6.07, 6.45) is 3.38. The third-order valence-electron chi connectivity index (χ3n) is 3.65. The number of anilines is 1. The lowest BCUT2D eigenvalue weighted by Gasteiger charge is -2.15. The Morgan fingerprint density at radius 2 is 2.16 bits per heavy atom. The highest BCUT2D eigenvalue weighted by Gasteiger charge is 2.30. The van der Waals surface area contributed by atoms with Crippen molar-refractivity contribution in [3.63, 3.8) is 0 Å². The van der Waals surface area contributed by atoms with E-state index in [1.807, 2.05) is 24.3 Å². The van der Waals surface area contributed by atoms with Crippen molar-refractivity contribution < 1.29 is 4.74 Å². The SMILES string of the molecule is COC1CCCC1n1nnc(-c2ccccc2N)n1. The second-order valence-electron chi connectivity index (χ2n) is 4.79. The van der Waals surface area contributed by atoms with Gasteiger partial charge in [-0.25, -0.2) is 0 Å². The summed E-state index contributed by atoms with van der Waals surface area (Å²) < 4.78 is 5.46. The topological polar surface area (TPSA) is 78.8 Å². The molecule has 0 bridgehead atoms. The van der Waals surface area contributed by atoms with Crippen molar-refractivity contribution >= 4 is 5.69 Å². The highest BCUT2D eigenvalue weighted by molar-refractivity contribution is 5.70. The first-order valence-electron chi connectivity index (χ1n) is 6.47. The number of methoxy groups -OCH3 is 1. The lowest BCUT2D eigenvalue weighted by atomic mass is 10.2. The Kier molecular flexibility index (Phi) is 3.16. The van der Waals surface area contributed by atoms with Crippen LogP contribution in [0.3, 0.4) is 0 Å². The molecule has 2 atom stereocenters. The van der Waals surface area contributed by atoms with E-state index >= 15 is 0 Å². The second kappa shape index (κ2) is 4.97. The minimum Gasteiger partial charge on any atom is -0.398 e.